The Morgan fingerprint density at radius 1 is 1.22 bits per heavy atom. The first-order valence-electron chi connectivity index (χ1n) is 6.72. The van der Waals surface area contributed by atoms with Gasteiger partial charge in [-0.25, -0.2) is 0 Å². The molecule has 1 aromatic carbocycles. The minimum Gasteiger partial charge on any atom is -0.453 e. The topological polar surface area (TPSA) is 74.4 Å². The number of nitro groups is 1. The van der Waals surface area contributed by atoms with Gasteiger partial charge in [0.15, 0.2) is 5.75 Å². The normalized spacial score (nSPS) is 10.9. The zero-order valence-electron chi connectivity index (χ0n) is 12.7. The Kier molecular flexibility index (Phi) is 4.97. The largest absolute Gasteiger partial charge is 0.453 e. The molecule has 0 saturated carbocycles. The number of nitrogens with zero attached hydrogens (tertiary/aromatic N) is 2. The summed E-state index contributed by atoms with van der Waals surface area (Å²) in [5.41, 5.74) is 0.239. The molecule has 0 bridgehead atoms. The second kappa shape index (κ2) is 6.60. The van der Waals surface area contributed by atoms with E-state index in [-0.39, 0.29) is 33.0 Å². The highest BCUT2D eigenvalue weighted by Gasteiger charge is 2.17. The van der Waals surface area contributed by atoms with Gasteiger partial charge in [-0.05, 0) is 12.0 Å². The summed E-state index contributed by atoms with van der Waals surface area (Å²) in [6, 6.07) is 3.93. The van der Waals surface area contributed by atoms with Gasteiger partial charge in [0.2, 0.25) is 0 Å². The zero-order chi connectivity index (χ0) is 17.3. The third kappa shape index (κ3) is 3.65. The molecule has 0 radical (unpaired) electrons. The molecule has 0 saturated heterocycles. The molecule has 122 valence electrons. The van der Waals surface area contributed by atoms with E-state index in [0.717, 1.165) is 12.1 Å². The fourth-order valence-electron chi connectivity index (χ4n) is 2.04. The number of pyridine rings is 1. The molecule has 2 aromatic rings. The first-order chi connectivity index (χ1) is 10.7. The number of rotatable bonds is 4. The highest BCUT2D eigenvalue weighted by atomic mass is 35.5. The first-order valence-corrected chi connectivity index (χ1v) is 7.48. The lowest BCUT2D eigenvalue weighted by atomic mass is 10.1. The molecule has 0 aliphatic rings. The lowest BCUT2D eigenvalue weighted by Crippen LogP contribution is -2.21. The lowest BCUT2D eigenvalue weighted by Gasteiger charge is -2.13. The van der Waals surface area contributed by atoms with E-state index in [1.165, 1.54) is 10.8 Å². The number of hydrogen-bond acceptors (Lipinski definition) is 4. The average molecular weight is 357 g/mol. The monoisotopic (exact) mass is 356 g/mol. The highest BCUT2D eigenvalue weighted by molar-refractivity contribution is 6.37. The summed E-state index contributed by atoms with van der Waals surface area (Å²) >= 11 is 12.0. The van der Waals surface area contributed by atoms with Crippen molar-refractivity contribution in [1.82, 2.24) is 4.57 Å². The van der Waals surface area contributed by atoms with E-state index in [4.69, 9.17) is 27.9 Å². The fourth-order valence-corrected chi connectivity index (χ4v) is 2.59. The summed E-state index contributed by atoms with van der Waals surface area (Å²) in [4.78, 5) is 22.2. The van der Waals surface area contributed by atoms with Gasteiger partial charge in [-0.1, -0.05) is 37.0 Å². The van der Waals surface area contributed by atoms with Gasteiger partial charge < -0.3 is 9.30 Å². The van der Waals surface area contributed by atoms with Crippen LogP contribution in [0.25, 0.3) is 0 Å². The fraction of sp³-hybridized carbons (Fsp3) is 0.267. The number of nitro benzene ring substituents is 1. The second-order valence-corrected chi connectivity index (χ2v) is 6.11. The Hall–Kier alpha value is -2.05. The molecule has 0 unspecified atom stereocenters. The minimum atomic E-state index is -0.593. The van der Waals surface area contributed by atoms with Crippen LogP contribution in [0.5, 0.6) is 11.5 Å². The summed E-state index contributed by atoms with van der Waals surface area (Å²) in [5.74, 6) is 0.487. The molecular weight excluding hydrogens is 343 g/mol. The number of ether oxygens (including phenoxy) is 1. The van der Waals surface area contributed by atoms with Crippen molar-refractivity contribution >= 4 is 28.9 Å². The maximum atomic E-state index is 12.0. The minimum absolute atomic E-state index is 0.0139. The molecule has 0 aliphatic carbocycles. The molecule has 0 atom stereocenters. The molecule has 0 fully saturated rings. The van der Waals surface area contributed by atoms with Crippen LogP contribution in [0.15, 0.2) is 29.2 Å². The molecule has 0 amide bonds. The standard InChI is InChI=1S/C15H14Cl2N2O4/c1-8(2)11-6-10(7-18(3)15(11)20)23-14-12(16)4-9(19(21)22)5-13(14)17/h4-8H,1-3H3. The van der Waals surface area contributed by atoms with Gasteiger partial charge in [-0.3, -0.25) is 14.9 Å². The van der Waals surface area contributed by atoms with Crippen molar-refractivity contribution < 1.29 is 9.66 Å². The van der Waals surface area contributed by atoms with Gasteiger partial charge in [-0.2, -0.15) is 0 Å². The maximum Gasteiger partial charge on any atom is 0.272 e. The SMILES string of the molecule is CC(C)c1cc(Oc2c(Cl)cc([N+](=O)[O-])cc2Cl)cn(C)c1=O. The van der Waals surface area contributed by atoms with Crippen LogP contribution in [-0.2, 0) is 7.05 Å². The third-order valence-electron chi connectivity index (χ3n) is 3.22. The van der Waals surface area contributed by atoms with E-state index in [0.29, 0.717) is 11.3 Å². The number of aryl methyl sites for hydroxylation is 1. The quantitative estimate of drug-likeness (QED) is 0.596. The molecule has 0 spiro atoms. The number of non-ortho nitro benzene ring substituents is 1. The Morgan fingerprint density at radius 2 is 1.78 bits per heavy atom. The van der Waals surface area contributed by atoms with Crippen molar-refractivity contribution in [3.05, 3.63) is 60.5 Å². The Balaban J connectivity index is 2.48. The van der Waals surface area contributed by atoms with Crippen LogP contribution < -0.4 is 10.3 Å². The molecule has 1 aromatic heterocycles. The molecule has 8 heteroatoms. The van der Waals surface area contributed by atoms with Gasteiger partial charge in [0.05, 0.1) is 15.0 Å². The van der Waals surface area contributed by atoms with Crippen LogP contribution in [-0.4, -0.2) is 9.49 Å². The lowest BCUT2D eigenvalue weighted by molar-refractivity contribution is -0.384. The van der Waals surface area contributed by atoms with E-state index in [9.17, 15) is 14.9 Å². The third-order valence-corrected chi connectivity index (χ3v) is 3.78. The Morgan fingerprint density at radius 3 is 2.26 bits per heavy atom. The van der Waals surface area contributed by atoms with Crippen molar-refractivity contribution in [1.29, 1.82) is 0 Å². The number of halogens is 2. The number of aromatic nitrogens is 1. The van der Waals surface area contributed by atoms with E-state index in [1.807, 2.05) is 13.8 Å². The van der Waals surface area contributed by atoms with Gasteiger partial charge in [0.1, 0.15) is 5.75 Å². The molecule has 0 N–H and O–H groups in total. The van der Waals surface area contributed by atoms with Crippen LogP contribution in [0.4, 0.5) is 5.69 Å². The molecular formula is C15H14Cl2N2O4. The van der Waals surface area contributed by atoms with Crippen molar-refractivity contribution in [2.45, 2.75) is 19.8 Å². The number of hydrogen-bond donors (Lipinski definition) is 0. The first kappa shape index (κ1) is 17.3. The van der Waals surface area contributed by atoms with Gasteiger partial charge in [0, 0.05) is 30.9 Å². The molecule has 2 rings (SSSR count). The zero-order valence-corrected chi connectivity index (χ0v) is 14.2. The Labute approximate surface area is 142 Å². The van der Waals surface area contributed by atoms with E-state index in [2.05, 4.69) is 0 Å². The molecule has 1 heterocycles. The smallest absolute Gasteiger partial charge is 0.272 e. The van der Waals surface area contributed by atoms with Crippen LogP contribution in [0.1, 0.15) is 25.3 Å². The summed E-state index contributed by atoms with van der Waals surface area (Å²) < 4.78 is 7.06. The van der Waals surface area contributed by atoms with Crippen LogP contribution in [0.3, 0.4) is 0 Å². The van der Waals surface area contributed by atoms with E-state index in [1.54, 1.807) is 13.1 Å². The van der Waals surface area contributed by atoms with Crippen LogP contribution >= 0.6 is 23.2 Å². The van der Waals surface area contributed by atoms with Crippen molar-refractivity contribution in [2.24, 2.45) is 7.05 Å². The van der Waals surface area contributed by atoms with Crippen LogP contribution in [0.2, 0.25) is 10.0 Å². The van der Waals surface area contributed by atoms with Crippen molar-refractivity contribution in [2.75, 3.05) is 0 Å². The summed E-state index contributed by atoms with van der Waals surface area (Å²) in [7, 11) is 1.61. The van der Waals surface area contributed by atoms with Crippen LogP contribution in [0, 0.1) is 10.1 Å². The summed E-state index contributed by atoms with van der Waals surface area (Å²) in [6.07, 6.45) is 1.50. The summed E-state index contributed by atoms with van der Waals surface area (Å²) in [6.45, 7) is 3.79. The van der Waals surface area contributed by atoms with Gasteiger partial charge >= 0.3 is 0 Å². The predicted octanol–water partition coefficient (Wildman–Crippen LogP) is 4.52. The maximum absolute atomic E-state index is 12.0. The predicted molar refractivity (Wildman–Crippen MR) is 89.0 cm³/mol. The molecule has 23 heavy (non-hydrogen) atoms. The van der Waals surface area contributed by atoms with E-state index < -0.39 is 4.92 Å². The van der Waals surface area contributed by atoms with E-state index >= 15 is 0 Å². The van der Waals surface area contributed by atoms with Gasteiger partial charge in [0.25, 0.3) is 11.2 Å². The average Bonchev–Trinajstić information content (AvgIpc) is 2.45. The molecule has 6 nitrogen and oxygen atoms in total. The Bertz CT molecular complexity index is 808. The highest BCUT2D eigenvalue weighted by Crippen LogP contribution is 2.39. The van der Waals surface area contributed by atoms with Crippen molar-refractivity contribution in [3.63, 3.8) is 0 Å². The number of benzene rings is 1. The van der Waals surface area contributed by atoms with Crippen molar-refractivity contribution in [3.8, 4) is 11.5 Å². The summed E-state index contributed by atoms with van der Waals surface area (Å²) in [5, 5.41) is 10.8. The molecule has 0 aliphatic heterocycles. The second-order valence-electron chi connectivity index (χ2n) is 5.30. The van der Waals surface area contributed by atoms with Gasteiger partial charge in [-0.15, -0.1) is 0 Å².